The summed E-state index contributed by atoms with van der Waals surface area (Å²) < 4.78 is 52.4. The molecule has 24 heavy (non-hydrogen) atoms. The van der Waals surface area contributed by atoms with Gasteiger partial charge in [-0.1, -0.05) is 11.8 Å². The third-order valence-corrected chi connectivity index (χ3v) is 4.58. The van der Waals surface area contributed by atoms with Crippen LogP contribution in [0.5, 0.6) is 0 Å². The largest absolute Gasteiger partial charge is 0.378 e. The third kappa shape index (κ3) is 4.54. The summed E-state index contributed by atoms with van der Waals surface area (Å²) in [6, 6.07) is 9.69. The van der Waals surface area contributed by atoms with E-state index in [1.54, 1.807) is 0 Å². The Balaban J connectivity index is 2.03. The lowest BCUT2D eigenvalue weighted by molar-refractivity contribution is 0.545. The fraction of sp³-hybridized carbons (Fsp3) is 0.176. The highest BCUT2D eigenvalue weighted by molar-refractivity contribution is 7.89. The molecule has 0 radical (unpaired) electrons. The number of hydrogen-bond acceptors (Lipinski definition) is 3. The maximum atomic E-state index is 13.5. The van der Waals surface area contributed by atoms with Crippen molar-refractivity contribution in [2.45, 2.75) is 4.90 Å². The molecule has 0 heterocycles. The molecule has 0 saturated carbocycles. The topological polar surface area (TPSA) is 49.4 Å². The first-order valence-electron chi connectivity index (χ1n) is 7.00. The molecule has 0 atom stereocenters. The highest BCUT2D eigenvalue weighted by atomic mass is 32.2. The van der Waals surface area contributed by atoms with E-state index >= 15 is 0 Å². The highest BCUT2D eigenvalue weighted by Gasteiger charge is 2.18. The average molecular weight is 350 g/mol. The van der Waals surface area contributed by atoms with Crippen molar-refractivity contribution < 1.29 is 17.2 Å². The summed E-state index contributed by atoms with van der Waals surface area (Å²) in [5, 5.41) is 0. The zero-order valence-electron chi connectivity index (χ0n) is 13.2. The number of hydrogen-bond donors (Lipinski definition) is 1. The van der Waals surface area contributed by atoms with Gasteiger partial charge in [0.05, 0.1) is 6.54 Å². The molecule has 2 aromatic carbocycles. The van der Waals surface area contributed by atoms with Crippen LogP contribution >= 0.6 is 0 Å². The molecular weight excluding hydrogens is 334 g/mol. The molecule has 0 amide bonds. The van der Waals surface area contributed by atoms with Gasteiger partial charge in [-0.3, -0.25) is 0 Å². The summed E-state index contributed by atoms with van der Waals surface area (Å²) >= 11 is 0. The first-order valence-corrected chi connectivity index (χ1v) is 8.49. The van der Waals surface area contributed by atoms with Crippen molar-refractivity contribution in [2.24, 2.45) is 0 Å². The van der Waals surface area contributed by atoms with E-state index in [1.165, 1.54) is 0 Å². The number of anilines is 1. The van der Waals surface area contributed by atoms with Crippen LogP contribution in [-0.4, -0.2) is 29.1 Å². The first kappa shape index (κ1) is 17.9. The van der Waals surface area contributed by atoms with E-state index in [0.29, 0.717) is 6.07 Å². The van der Waals surface area contributed by atoms with Crippen LogP contribution in [-0.2, 0) is 10.0 Å². The van der Waals surface area contributed by atoms with Crippen LogP contribution in [0.3, 0.4) is 0 Å². The van der Waals surface area contributed by atoms with Crippen LogP contribution in [0.15, 0.2) is 47.4 Å². The summed E-state index contributed by atoms with van der Waals surface area (Å²) in [7, 11) is -0.240. The average Bonchev–Trinajstić information content (AvgIpc) is 2.51. The van der Waals surface area contributed by atoms with Gasteiger partial charge in [-0.2, -0.15) is 4.72 Å². The van der Waals surface area contributed by atoms with Gasteiger partial charge in [0.1, 0.15) is 16.5 Å². The molecule has 0 aliphatic heterocycles. The van der Waals surface area contributed by atoms with Crippen molar-refractivity contribution in [3.05, 3.63) is 59.7 Å². The normalized spacial score (nSPS) is 10.8. The van der Waals surface area contributed by atoms with Crippen LogP contribution in [0.4, 0.5) is 14.5 Å². The monoisotopic (exact) mass is 350 g/mol. The standard InChI is InChI=1S/C17H16F2N2O2S/c1-21(2)15-8-5-13(6-9-15)4-3-11-20-24(22,23)17-10-7-14(18)12-16(17)19/h5-10,12,20H,11H2,1-2H3. The van der Waals surface area contributed by atoms with Crippen molar-refractivity contribution >= 4 is 15.7 Å². The molecule has 7 heteroatoms. The summed E-state index contributed by atoms with van der Waals surface area (Å²) in [5.74, 6) is 3.48. The second kappa shape index (κ2) is 7.43. The minimum atomic E-state index is -4.08. The van der Waals surface area contributed by atoms with Crippen LogP contribution < -0.4 is 9.62 Å². The zero-order chi connectivity index (χ0) is 17.7. The second-order valence-corrected chi connectivity index (χ2v) is 6.88. The van der Waals surface area contributed by atoms with Crippen LogP contribution in [0.1, 0.15) is 5.56 Å². The molecule has 2 aromatic rings. The fourth-order valence-electron chi connectivity index (χ4n) is 1.89. The molecule has 0 aromatic heterocycles. The number of nitrogens with zero attached hydrogens (tertiary/aromatic N) is 1. The molecule has 0 spiro atoms. The summed E-state index contributed by atoms with van der Waals surface area (Å²) in [6.45, 7) is -0.186. The number of benzene rings is 2. The number of nitrogens with one attached hydrogen (secondary N) is 1. The van der Waals surface area contributed by atoms with Crippen molar-refractivity contribution in [1.82, 2.24) is 4.72 Å². The second-order valence-electron chi connectivity index (χ2n) is 5.14. The molecular formula is C17H16F2N2O2S. The molecule has 0 saturated heterocycles. The van der Waals surface area contributed by atoms with Crippen molar-refractivity contribution in [2.75, 3.05) is 25.5 Å². The lowest BCUT2D eigenvalue weighted by Gasteiger charge is -2.11. The van der Waals surface area contributed by atoms with Crippen molar-refractivity contribution in [1.29, 1.82) is 0 Å². The molecule has 0 bridgehead atoms. The van der Waals surface area contributed by atoms with Crippen LogP contribution in [0, 0.1) is 23.5 Å². The van der Waals surface area contributed by atoms with Crippen molar-refractivity contribution in [3.8, 4) is 11.8 Å². The molecule has 1 N–H and O–H groups in total. The van der Waals surface area contributed by atoms with Gasteiger partial charge in [0, 0.05) is 31.4 Å². The van der Waals surface area contributed by atoms with Crippen molar-refractivity contribution in [3.63, 3.8) is 0 Å². The lowest BCUT2D eigenvalue weighted by Crippen LogP contribution is -2.25. The maximum Gasteiger partial charge on any atom is 0.244 e. The van der Waals surface area contributed by atoms with Gasteiger partial charge in [0.2, 0.25) is 10.0 Å². The van der Waals surface area contributed by atoms with Gasteiger partial charge in [-0.15, -0.1) is 0 Å². The maximum absolute atomic E-state index is 13.5. The molecule has 0 fully saturated rings. The summed E-state index contributed by atoms with van der Waals surface area (Å²) in [6.07, 6.45) is 0. The molecule has 126 valence electrons. The van der Waals surface area contributed by atoms with Gasteiger partial charge in [-0.25, -0.2) is 17.2 Å². The molecule has 0 aliphatic rings. The quantitative estimate of drug-likeness (QED) is 0.862. The van der Waals surface area contributed by atoms with E-state index in [0.717, 1.165) is 23.4 Å². The molecule has 0 aliphatic carbocycles. The van der Waals surface area contributed by atoms with Gasteiger partial charge < -0.3 is 4.90 Å². The Morgan fingerprint density at radius 2 is 1.75 bits per heavy atom. The number of halogens is 2. The number of sulfonamides is 1. The van der Waals surface area contributed by atoms with E-state index in [9.17, 15) is 17.2 Å². The van der Waals surface area contributed by atoms with E-state index in [-0.39, 0.29) is 6.54 Å². The predicted molar refractivity (Wildman–Crippen MR) is 89.2 cm³/mol. The van der Waals surface area contributed by atoms with Gasteiger partial charge >= 0.3 is 0 Å². The molecule has 4 nitrogen and oxygen atoms in total. The highest BCUT2D eigenvalue weighted by Crippen LogP contribution is 2.15. The van der Waals surface area contributed by atoms with Crippen LogP contribution in [0.2, 0.25) is 0 Å². The van der Waals surface area contributed by atoms with Gasteiger partial charge in [0.25, 0.3) is 0 Å². The Labute approximate surface area is 140 Å². The minimum absolute atomic E-state index is 0.186. The fourth-order valence-corrected chi connectivity index (χ4v) is 2.87. The zero-order valence-corrected chi connectivity index (χ0v) is 14.0. The number of rotatable bonds is 4. The van der Waals surface area contributed by atoms with Crippen LogP contribution in [0.25, 0.3) is 0 Å². The summed E-state index contributed by atoms with van der Waals surface area (Å²) in [5.41, 5.74) is 1.75. The first-order chi connectivity index (χ1) is 11.3. The van der Waals surface area contributed by atoms with E-state index < -0.39 is 26.6 Å². The molecule has 0 unspecified atom stereocenters. The van der Waals surface area contributed by atoms with Gasteiger partial charge in [-0.05, 0) is 36.4 Å². The smallest absolute Gasteiger partial charge is 0.244 e. The Kier molecular flexibility index (Phi) is 5.54. The Morgan fingerprint density at radius 1 is 1.08 bits per heavy atom. The van der Waals surface area contributed by atoms with E-state index in [4.69, 9.17) is 0 Å². The Bertz CT molecular complexity index is 883. The third-order valence-electron chi connectivity index (χ3n) is 3.15. The Morgan fingerprint density at radius 3 is 2.33 bits per heavy atom. The van der Waals surface area contributed by atoms with E-state index in [2.05, 4.69) is 16.6 Å². The summed E-state index contributed by atoms with van der Waals surface area (Å²) in [4.78, 5) is 1.34. The molecule has 2 rings (SSSR count). The SMILES string of the molecule is CN(C)c1ccc(C#CCNS(=O)(=O)c2ccc(F)cc2F)cc1. The van der Waals surface area contributed by atoms with E-state index in [1.807, 2.05) is 43.3 Å². The lowest BCUT2D eigenvalue weighted by atomic mass is 10.2. The predicted octanol–water partition coefficient (Wildman–Crippen LogP) is 2.36. The Hall–Kier alpha value is -2.43. The minimum Gasteiger partial charge on any atom is -0.378 e. The van der Waals surface area contributed by atoms with Gasteiger partial charge in [0.15, 0.2) is 0 Å².